The first-order valence-corrected chi connectivity index (χ1v) is 6.75. The number of aromatic nitrogens is 1. The lowest BCUT2D eigenvalue weighted by Gasteiger charge is -2.29. The number of nitrogens with zero attached hydrogens (tertiary/aromatic N) is 1. The first-order valence-electron chi connectivity index (χ1n) is 5.99. The molecule has 0 saturated heterocycles. The molecule has 1 unspecified atom stereocenters. The normalized spacial score (nSPS) is 22.8. The van der Waals surface area contributed by atoms with Crippen molar-refractivity contribution in [3.8, 4) is 0 Å². The summed E-state index contributed by atoms with van der Waals surface area (Å²) >= 11 is 12.0. The molecule has 1 aromatic heterocycles. The van der Waals surface area contributed by atoms with Crippen molar-refractivity contribution < 1.29 is 0 Å². The minimum Gasteiger partial charge on any atom is -0.379 e. The second kappa shape index (κ2) is 4.66. The molecule has 94 valence electrons. The quantitative estimate of drug-likeness (QED) is 0.791. The lowest BCUT2D eigenvalue weighted by Crippen LogP contribution is -2.31. The highest BCUT2D eigenvalue weighted by molar-refractivity contribution is 6.34. The fourth-order valence-electron chi connectivity index (χ4n) is 2.54. The van der Waals surface area contributed by atoms with Crippen LogP contribution < -0.4 is 5.32 Å². The lowest BCUT2D eigenvalue weighted by atomic mass is 9.87. The molecule has 0 aliphatic heterocycles. The Balaban J connectivity index is 2.25. The van der Waals surface area contributed by atoms with Gasteiger partial charge in [0.05, 0.1) is 5.69 Å². The van der Waals surface area contributed by atoms with Crippen molar-refractivity contribution in [1.82, 2.24) is 4.98 Å². The average molecular weight is 273 g/mol. The van der Waals surface area contributed by atoms with Crippen LogP contribution in [0.2, 0.25) is 10.3 Å². The van der Waals surface area contributed by atoms with Crippen LogP contribution in [-0.4, -0.2) is 11.0 Å². The molecule has 1 N–H and O–H groups in total. The molecule has 4 heteroatoms. The molecule has 2 nitrogen and oxygen atoms in total. The van der Waals surface area contributed by atoms with E-state index in [1.807, 2.05) is 13.0 Å². The predicted molar refractivity (Wildman–Crippen MR) is 74.0 cm³/mol. The molecule has 1 saturated carbocycles. The smallest absolute Gasteiger partial charge is 0.154 e. The van der Waals surface area contributed by atoms with Gasteiger partial charge in [-0.1, -0.05) is 43.5 Å². The van der Waals surface area contributed by atoms with Gasteiger partial charge in [-0.25, -0.2) is 4.98 Å². The minimum absolute atomic E-state index is 0.315. The van der Waals surface area contributed by atoms with Gasteiger partial charge in [-0.15, -0.1) is 0 Å². The summed E-state index contributed by atoms with van der Waals surface area (Å²) in [6.07, 6.45) is 3.70. The summed E-state index contributed by atoms with van der Waals surface area (Å²) in [7, 11) is 0. The number of halogens is 2. The zero-order chi connectivity index (χ0) is 12.6. The highest BCUT2D eigenvalue weighted by Crippen LogP contribution is 2.40. The summed E-state index contributed by atoms with van der Waals surface area (Å²) in [5.74, 6) is 0. The lowest BCUT2D eigenvalue weighted by molar-refractivity contribution is 0.350. The maximum atomic E-state index is 6.15. The summed E-state index contributed by atoms with van der Waals surface area (Å²) in [5.41, 5.74) is 2.30. The summed E-state index contributed by atoms with van der Waals surface area (Å²) in [6, 6.07) is 2.30. The van der Waals surface area contributed by atoms with Gasteiger partial charge in [-0.05, 0) is 36.8 Å². The van der Waals surface area contributed by atoms with E-state index in [0.717, 1.165) is 11.3 Å². The van der Waals surface area contributed by atoms with E-state index < -0.39 is 0 Å². The van der Waals surface area contributed by atoms with Crippen LogP contribution in [0.4, 0.5) is 5.69 Å². The molecule has 0 aromatic carbocycles. The van der Waals surface area contributed by atoms with E-state index in [-0.39, 0.29) is 0 Å². The molecule has 1 fully saturated rings. The Hall–Kier alpha value is -0.470. The van der Waals surface area contributed by atoms with E-state index in [1.165, 1.54) is 19.3 Å². The highest BCUT2D eigenvalue weighted by atomic mass is 35.5. The third kappa shape index (κ3) is 2.69. The fourth-order valence-corrected chi connectivity index (χ4v) is 3.12. The van der Waals surface area contributed by atoms with Gasteiger partial charge >= 0.3 is 0 Å². The molecule has 0 radical (unpaired) electrons. The fraction of sp³-hybridized carbons (Fsp3) is 0.615. The van der Waals surface area contributed by atoms with Crippen LogP contribution in [0.5, 0.6) is 0 Å². The Kier molecular flexibility index (Phi) is 3.55. The number of nitrogens with one attached hydrogen (secondary N) is 1. The van der Waals surface area contributed by atoms with Gasteiger partial charge in [0.15, 0.2) is 5.15 Å². The van der Waals surface area contributed by atoms with Gasteiger partial charge in [-0.2, -0.15) is 0 Å². The zero-order valence-corrected chi connectivity index (χ0v) is 12.0. The molecular weight excluding hydrogens is 255 g/mol. The number of hydrogen-bond acceptors (Lipinski definition) is 2. The Bertz CT molecular complexity index is 406. The molecular formula is C13H18Cl2N2. The second-order valence-corrected chi connectivity index (χ2v) is 6.25. The monoisotopic (exact) mass is 272 g/mol. The maximum absolute atomic E-state index is 6.15. The van der Waals surface area contributed by atoms with Gasteiger partial charge in [0.1, 0.15) is 5.15 Å². The molecule has 17 heavy (non-hydrogen) atoms. The number of hydrogen-bond donors (Lipinski definition) is 1. The third-order valence-corrected chi connectivity index (χ3v) is 4.18. The van der Waals surface area contributed by atoms with Gasteiger partial charge in [0.25, 0.3) is 0 Å². The minimum atomic E-state index is 0.315. The van der Waals surface area contributed by atoms with Crippen LogP contribution in [0.1, 0.15) is 38.7 Å². The van der Waals surface area contributed by atoms with E-state index >= 15 is 0 Å². The van der Waals surface area contributed by atoms with Crippen LogP contribution in [0.3, 0.4) is 0 Å². The van der Waals surface area contributed by atoms with E-state index in [0.29, 0.717) is 21.8 Å². The SMILES string of the molecule is Cc1cc(Cl)nc(Cl)c1NC1CCCC1(C)C. The van der Waals surface area contributed by atoms with E-state index in [9.17, 15) is 0 Å². The standard InChI is InChI=1S/C13H18Cl2N2/c1-8-7-10(14)17-12(15)11(8)16-9-5-4-6-13(9,2)3/h7,9,16H,4-6H2,1-3H3. The number of rotatable bonds is 2. The summed E-state index contributed by atoms with van der Waals surface area (Å²) in [5, 5.41) is 4.46. The van der Waals surface area contributed by atoms with Crippen LogP contribution in [0.15, 0.2) is 6.07 Å². The van der Waals surface area contributed by atoms with Crippen LogP contribution >= 0.6 is 23.2 Å². The van der Waals surface area contributed by atoms with Crippen molar-refractivity contribution in [3.63, 3.8) is 0 Å². The largest absolute Gasteiger partial charge is 0.379 e. The molecule has 1 aliphatic rings. The summed E-state index contributed by atoms with van der Waals surface area (Å²) in [6.45, 7) is 6.60. The first kappa shape index (κ1) is 13.0. The molecule has 0 spiro atoms. The number of pyridine rings is 1. The average Bonchev–Trinajstić information content (AvgIpc) is 2.51. The summed E-state index contributed by atoms with van der Waals surface area (Å²) in [4.78, 5) is 4.09. The summed E-state index contributed by atoms with van der Waals surface area (Å²) < 4.78 is 0. The van der Waals surface area contributed by atoms with Crippen LogP contribution in [0.25, 0.3) is 0 Å². The van der Waals surface area contributed by atoms with Crippen molar-refractivity contribution in [2.75, 3.05) is 5.32 Å². The van der Waals surface area contributed by atoms with Gasteiger partial charge in [0, 0.05) is 6.04 Å². The van der Waals surface area contributed by atoms with Crippen molar-refractivity contribution in [2.24, 2.45) is 5.41 Å². The van der Waals surface area contributed by atoms with Crippen LogP contribution in [0, 0.1) is 12.3 Å². The van der Waals surface area contributed by atoms with E-state index in [4.69, 9.17) is 23.2 Å². The highest BCUT2D eigenvalue weighted by Gasteiger charge is 2.34. The molecule has 1 aliphatic carbocycles. The third-order valence-electron chi connectivity index (χ3n) is 3.72. The Morgan fingerprint density at radius 3 is 2.65 bits per heavy atom. The predicted octanol–water partition coefficient (Wildman–Crippen LogP) is 4.69. The topological polar surface area (TPSA) is 24.9 Å². The molecule has 1 aromatic rings. The Morgan fingerprint density at radius 1 is 1.41 bits per heavy atom. The van der Waals surface area contributed by atoms with Crippen molar-refractivity contribution in [2.45, 2.75) is 46.1 Å². The molecule has 2 rings (SSSR count). The molecule has 0 amide bonds. The van der Waals surface area contributed by atoms with Gasteiger partial charge in [0.2, 0.25) is 0 Å². The van der Waals surface area contributed by atoms with E-state index in [2.05, 4.69) is 24.1 Å². The van der Waals surface area contributed by atoms with Crippen molar-refractivity contribution in [3.05, 3.63) is 21.9 Å². The first-order chi connectivity index (χ1) is 7.90. The van der Waals surface area contributed by atoms with E-state index in [1.54, 1.807) is 0 Å². The molecule has 1 heterocycles. The molecule has 1 atom stereocenters. The Morgan fingerprint density at radius 2 is 2.12 bits per heavy atom. The maximum Gasteiger partial charge on any atom is 0.154 e. The number of anilines is 1. The molecule has 0 bridgehead atoms. The zero-order valence-electron chi connectivity index (χ0n) is 10.5. The number of aryl methyl sites for hydroxylation is 1. The Labute approximate surface area is 113 Å². The van der Waals surface area contributed by atoms with Gasteiger partial charge in [-0.3, -0.25) is 0 Å². The van der Waals surface area contributed by atoms with Gasteiger partial charge < -0.3 is 5.32 Å². The van der Waals surface area contributed by atoms with Crippen molar-refractivity contribution in [1.29, 1.82) is 0 Å². The van der Waals surface area contributed by atoms with Crippen LogP contribution in [-0.2, 0) is 0 Å². The van der Waals surface area contributed by atoms with Crippen molar-refractivity contribution >= 4 is 28.9 Å². The second-order valence-electron chi connectivity index (χ2n) is 5.51.